The van der Waals surface area contributed by atoms with Crippen LogP contribution < -0.4 is 4.90 Å². The highest BCUT2D eigenvalue weighted by molar-refractivity contribution is 6.16. The SMILES string of the molecule is CC1C=C(c2cccc3cccc(-c4ccccc4N(c4ccc(-c5ccc(-c6ccccc6)cc5)cc4)c4cccc(-c5cccc6c5c5ccccc5n6-c5ccccc5)c4)c23)C=CC1. The van der Waals surface area contributed by atoms with Gasteiger partial charge in [-0.25, -0.2) is 0 Å². The Balaban J connectivity index is 1.04. The zero-order valence-corrected chi connectivity index (χ0v) is 37.4. The van der Waals surface area contributed by atoms with E-state index in [4.69, 9.17) is 0 Å². The number of nitrogens with zero attached hydrogens (tertiary/aromatic N) is 2. The molecule has 1 atom stereocenters. The maximum Gasteiger partial charge on any atom is 0.0547 e. The molecular weight excluding hydrogens is 809 g/mol. The van der Waals surface area contributed by atoms with Crippen molar-refractivity contribution in [1.29, 1.82) is 0 Å². The fourth-order valence-electron chi connectivity index (χ4n) is 10.4. The van der Waals surface area contributed by atoms with E-state index >= 15 is 0 Å². The first-order valence-corrected chi connectivity index (χ1v) is 23.4. The first-order valence-electron chi connectivity index (χ1n) is 23.4. The van der Waals surface area contributed by atoms with E-state index in [2.05, 4.69) is 271 Å². The van der Waals surface area contributed by atoms with Crippen LogP contribution in [0.5, 0.6) is 0 Å². The normalized spacial score (nSPS) is 13.6. The Bertz CT molecular complexity index is 3650. The molecule has 0 spiro atoms. The predicted molar refractivity (Wildman–Crippen MR) is 286 cm³/mol. The van der Waals surface area contributed by atoms with Gasteiger partial charge in [0.1, 0.15) is 0 Å². The van der Waals surface area contributed by atoms with E-state index in [0.717, 1.165) is 34.7 Å². The third kappa shape index (κ3) is 7.34. The molecule has 1 aliphatic rings. The van der Waals surface area contributed by atoms with Crippen LogP contribution in [-0.4, -0.2) is 4.57 Å². The Morgan fingerprint density at radius 2 is 0.985 bits per heavy atom. The largest absolute Gasteiger partial charge is 0.310 e. The maximum atomic E-state index is 2.46. The molecule has 0 saturated heterocycles. The molecule has 67 heavy (non-hydrogen) atoms. The molecule has 10 aromatic carbocycles. The Hall–Kier alpha value is -8.46. The Morgan fingerprint density at radius 3 is 1.75 bits per heavy atom. The molecule has 0 amide bonds. The van der Waals surface area contributed by atoms with Gasteiger partial charge in [0.05, 0.1) is 16.7 Å². The number of fused-ring (bicyclic) bond motifs is 4. The van der Waals surface area contributed by atoms with Gasteiger partial charge in [-0.3, -0.25) is 0 Å². The maximum absolute atomic E-state index is 2.46. The van der Waals surface area contributed by atoms with Gasteiger partial charge in [0, 0.05) is 33.4 Å². The zero-order valence-electron chi connectivity index (χ0n) is 37.4. The van der Waals surface area contributed by atoms with Gasteiger partial charge in [0.25, 0.3) is 0 Å². The number of allylic oxidation sites excluding steroid dienone is 4. The lowest BCUT2D eigenvalue weighted by Crippen LogP contribution is -2.11. The molecule has 1 unspecified atom stereocenters. The van der Waals surface area contributed by atoms with E-state index in [1.807, 2.05) is 0 Å². The first-order chi connectivity index (χ1) is 33.2. The molecule has 11 aromatic rings. The molecule has 0 N–H and O–H groups in total. The highest BCUT2D eigenvalue weighted by atomic mass is 15.1. The molecule has 12 rings (SSSR count). The van der Waals surface area contributed by atoms with Crippen LogP contribution in [0.2, 0.25) is 0 Å². The molecule has 1 aliphatic carbocycles. The van der Waals surface area contributed by atoms with Gasteiger partial charge in [-0.15, -0.1) is 0 Å². The van der Waals surface area contributed by atoms with Gasteiger partial charge in [-0.2, -0.15) is 0 Å². The van der Waals surface area contributed by atoms with Gasteiger partial charge in [0.15, 0.2) is 0 Å². The molecule has 1 heterocycles. The van der Waals surface area contributed by atoms with Crippen molar-refractivity contribution in [2.45, 2.75) is 13.3 Å². The lowest BCUT2D eigenvalue weighted by Gasteiger charge is -2.29. The molecule has 0 fully saturated rings. The van der Waals surface area contributed by atoms with E-state index in [-0.39, 0.29) is 0 Å². The third-order valence-electron chi connectivity index (χ3n) is 13.5. The van der Waals surface area contributed by atoms with E-state index in [9.17, 15) is 0 Å². The summed E-state index contributed by atoms with van der Waals surface area (Å²) in [6.45, 7) is 2.31. The highest BCUT2D eigenvalue weighted by Gasteiger charge is 2.22. The van der Waals surface area contributed by atoms with Gasteiger partial charge >= 0.3 is 0 Å². The van der Waals surface area contributed by atoms with Gasteiger partial charge in [-0.1, -0.05) is 207 Å². The molecule has 318 valence electrons. The number of para-hydroxylation sites is 3. The molecular formula is C65H48N2. The summed E-state index contributed by atoms with van der Waals surface area (Å²) in [5.74, 6) is 0.489. The average molecular weight is 857 g/mol. The van der Waals surface area contributed by atoms with Crippen molar-refractivity contribution in [2.24, 2.45) is 5.92 Å². The van der Waals surface area contributed by atoms with Crippen molar-refractivity contribution >= 4 is 55.2 Å². The van der Waals surface area contributed by atoms with Crippen molar-refractivity contribution in [3.8, 4) is 50.2 Å². The minimum atomic E-state index is 0.489. The summed E-state index contributed by atoms with van der Waals surface area (Å²) >= 11 is 0. The van der Waals surface area contributed by atoms with Crippen LogP contribution in [0.25, 0.3) is 88.3 Å². The predicted octanol–water partition coefficient (Wildman–Crippen LogP) is 18.1. The molecule has 1 aromatic heterocycles. The summed E-state index contributed by atoms with van der Waals surface area (Å²) in [5.41, 5.74) is 18.9. The average Bonchev–Trinajstić information content (AvgIpc) is 3.74. The van der Waals surface area contributed by atoms with Gasteiger partial charge in [-0.05, 0) is 128 Å². The minimum Gasteiger partial charge on any atom is -0.310 e. The van der Waals surface area contributed by atoms with Crippen LogP contribution in [-0.2, 0) is 0 Å². The van der Waals surface area contributed by atoms with Gasteiger partial charge in [0.2, 0.25) is 0 Å². The molecule has 0 radical (unpaired) electrons. The summed E-state index contributed by atoms with van der Waals surface area (Å²) in [4.78, 5) is 2.46. The molecule has 0 aliphatic heterocycles. The monoisotopic (exact) mass is 856 g/mol. The smallest absolute Gasteiger partial charge is 0.0547 e. The molecule has 0 bridgehead atoms. The lowest BCUT2D eigenvalue weighted by atomic mass is 9.87. The first kappa shape index (κ1) is 40.1. The fraction of sp³-hybridized carbons (Fsp3) is 0.0462. The van der Waals surface area contributed by atoms with Crippen LogP contribution >= 0.6 is 0 Å². The van der Waals surface area contributed by atoms with Crippen LogP contribution in [0.3, 0.4) is 0 Å². The Kier molecular flexibility index (Phi) is 10.3. The van der Waals surface area contributed by atoms with Crippen molar-refractivity contribution in [1.82, 2.24) is 4.57 Å². The minimum absolute atomic E-state index is 0.489. The summed E-state index contributed by atoms with van der Waals surface area (Å²) in [5, 5.41) is 4.99. The summed E-state index contributed by atoms with van der Waals surface area (Å²) < 4.78 is 2.40. The number of hydrogen-bond donors (Lipinski definition) is 0. The quantitative estimate of drug-likeness (QED) is 0.140. The summed E-state index contributed by atoms with van der Waals surface area (Å²) in [6, 6.07) is 86.5. The highest BCUT2D eigenvalue weighted by Crippen LogP contribution is 2.46. The van der Waals surface area contributed by atoms with Crippen LogP contribution in [0.1, 0.15) is 18.9 Å². The fourth-order valence-corrected chi connectivity index (χ4v) is 10.4. The standard InChI is InChI=1S/C65H48N2/c1-45-17-12-22-51(43-45)56-29-14-20-50-21-15-31-59(64(50)56)58-27-8-10-32-61(58)66(54-41-39-49(40-42-54)48-37-35-47(36-38-48)46-18-4-2-5-19-46)55-26-13-23-52(44-55)57-30-16-34-63-65(57)60-28-9-11-33-62(60)67(63)53-24-6-3-7-25-53/h2-16,18-45H,17H2,1H3. The number of anilines is 3. The number of hydrogen-bond acceptors (Lipinski definition) is 1. The van der Waals surface area contributed by atoms with Crippen molar-refractivity contribution in [3.05, 3.63) is 260 Å². The van der Waals surface area contributed by atoms with Gasteiger partial charge < -0.3 is 9.47 Å². The number of aromatic nitrogens is 1. The van der Waals surface area contributed by atoms with Crippen molar-refractivity contribution in [3.63, 3.8) is 0 Å². The van der Waals surface area contributed by atoms with E-state index < -0.39 is 0 Å². The number of rotatable bonds is 9. The zero-order chi connectivity index (χ0) is 44.7. The van der Waals surface area contributed by atoms with Crippen LogP contribution in [0, 0.1) is 5.92 Å². The van der Waals surface area contributed by atoms with E-state index in [1.54, 1.807) is 0 Å². The number of benzene rings is 10. The van der Waals surface area contributed by atoms with E-state index in [1.165, 1.54) is 82.7 Å². The van der Waals surface area contributed by atoms with Crippen LogP contribution in [0.15, 0.2) is 255 Å². The summed E-state index contributed by atoms with van der Waals surface area (Å²) in [7, 11) is 0. The van der Waals surface area contributed by atoms with Crippen molar-refractivity contribution in [2.75, 3.05) is 4.90 Å². The third-order valence-corrected chi connectivity index (χ3v) is 13.5. The second-order valence-corrected chi connectivity index (χ2v) is 17.7. The Morgan fingerprint density at radius 1 is 0.418 bits per heavy atom. The lowest BCUT2D eigenvalue weighted by molar-refractivity contribution is 0.740. The second-order valence-electron chi connectivity index (χ2n) is 17.7. The summed E-state index contributed by atoms with van der Waals surface area (Å²) in [6.07, 6.45) is 8.14. The molecule has 0 saturated carbocycles. The second kappa shape index (κ2) is 17.2. The van der Waals surface area contributed by atoms with E-state index in [0.29, 0.717) is 5.92 Å². The molecule has 2 nitrogen and oxygen atoms in total. The Labute approximate surface area is 392 Å². The molecule has 2 heteroatoms. The van der Waals surface area contributed by atoms with Crippen LogP contribution in [0.4, 0.5) is 17.1 Å². The topological polar surface area (TPSA) is 8.17 Å². The van der Waals surface area contributed by atoms with Crippen molar-refractivity contribution < 1.29 is 0 Å².